The number of β-lactam (4-membered cyclic amide) rings is 1. The number of amides is 4. The van der Waals surface area contributed by atoms with Gasteiger partial charge in [-0.3, -0.25) is 19.5 Å². The molecule has 2 fully saturated rings. The molecule has 2 aliphatic rings. The van der Waals surface area contributed by atoms with Gasteiger partial charge in [-0.25, -0.2) is 4.79 Å². The van der Waals surface area contributed by atoms with Gasteiger partial charge in [0.2, 0.25) is 11.8 Å². The molecule has 2 saturated heterocycles. The second-order valence-electron chi connectivity index (χ2n) is 8.90. The number of hydrogen-bond donors (Lipinski definition) is 0. The summed E-state index contributed by atoms with van der Waals surface area (Å²) in [4.78, 5) is 48.5. The maximum absolute atomic E-state index is 13.6. The highest BCUT2D eigenvalue weighted by Gasteiger charge is 2.56. The smallest absolute Gasteiger partial charge is 0.328 e. The van der Waals surface area contributed by atoms with Gasteiger partial charge in [-0.05, 0) is 55.9 Å². The van der Waals surface area contributed by atoms with Crippen LogP contribution in [0, 0.1) is 12.8 Å². The van der Waals surface area contributed by atoms with Gasteiger partial charge in [0, 0.05) is 32.5 Å². The Bertz CT molecular complexity index is 1010. The Morgan fingerprint density at radius 1 is 1.12 bits per heavy atom. The Hall–Kier alpha value is -3.22. The zero-order valence-corrected chi connectivity index (χ0v) is 18.9. The maximum Gasteiger partial charge on any atom is 0.328 e. The van der Waals surface area contributed by atoms with Crippen molar-refractivity contribution in [3.63, 3.8) is 0 Å². The van der Waals surface area contributed by atoms with Gasteiger partial charge in [-0.2, -0.15) is 0 Å². The predicted molar refractivity (Wildman–Crippen MR) is 121 cm³/mol. The van der Waals surface area contributed by atoms with E-state index < -0.39 is 12.0 Å². The van der Waals surface area contributed by atoms with E-state index in [1.54, 1.807) is 25.2 Å². The summed E-state index contributed by atoms with van der Waals surface area (Å²) in [5, 5.41) is 0. The summed E-state index contributed by atoms with van der Waals surface area (Å²) < 4.78 is 0. The van der Waals surface area contributed by atoms with Crippen LogP contribution in [0.4, 0.5) is 4.79 Å². The largest absolute Gasteiger partial charge is 0.347 e. The summed E-state index contributed by atoms with van der Waals surface area (Å²) in [6, 6.07) is 12.5. The van der Waals surface area contributed by atoms with Gasteiger partial charge in [-0.1, -0.05) is 30.3 Å². The fourth-order valence-corrected chi connectivity index (χ4v) is 4.81. The van der Waals surface area contributed by atoms with Gasteiger partial charge in [0.15, 0.2) is 0 Å². The van der Waals surface area contributed by atoms with Crippen molar-refractivity contribution in [3.8, 4) is 0 Å². The number of carbonyl (C=O) groups excluding carboxylic acids is 3. The highest BCUT2D eigenvalue weighted by atomic mass is 16.2. The van der Waals surface area contributed by atoms with Gasteiger partial charge >= 0.3 is 6.03 Å². The molecule has 0 saturated carbocycles. The van der Waals surface area contributed by atoms with Crippen LogP contribution >= 0.6 is 0 Å². The Labute approximate surface area is 189 Å². The maximum atomic E-state index is 13.6. The number of imide groups is 1. The van der Waals surface area contributed by atoms with Gasteiger partial charge in [0.1, 0.15) is 6.04 Å². The molecule has 0 N–H and O–H groups in total. The number of pyridine rings is 1. The Kier molecular flexibility index (Phi) is 6.26. The van der Waals surface area contributed by atoms with Crippen LogP contribution in [-0.2, 0) is 16.0 Å². The number of benzene rings is 1. The van der Waals surface area contributed by atoms with E-state index in [-0.39, 0.29) is 23.9 Å². The molecule has 168 valence electrons. The van der Waals surface area contributed by atoms with E-state index in [1.807, 2.05) is 49.4 Å². The highest BCUT2D eigenvalue weighted by Crippen LogP contribution is 2.37. The van der Waals surface area contributed by atoms with Crippen LogP contribution in [0.3, 0.4) is 0 Å². The Balaban J connectivity index is 1.60. The minimum Gasteiger partial charge on any atom is -0.347 e. The van der Waals surface area contributed by atoms with E-state index in [1.165, 1.54) is 9.80 Å². The topological polar surface area (TPSA) is 73.8 Å². The number of likely N-dealkylation sites (tertiary alicyclic amines) is 2. The normalized spacial score (nSPS) is 23.0. The van der Waals surface area contributed by atoms with Crippen molar-refractivity contribution in [2.75, 3.05) is 20.6 Å². The SMILES string of the molecule is Cc1cc(C[C@H]2C(=O)N(C(=O)N3CCCCC3c3ccccc3)[C@@H]2C(=O)N(C)C)ccn1. The van der Waals surface area contributed by atoms with Crippen molar-refractivity contribution in [2.45, 2.75) is 44.7 Å². The average molecular weight is 435 g/mol. The lowest BCUT2D eigenvalue weighted by Gasteiger charge is -2.49. The van der Waals surface area contributed by atoms with Crippen molar-refractivity contribution >= 4 is 17.8 Å². The van der Waals surface area contributed by atoms with Crippen LogP contribution in [0.15, 0.2) is 48.7 Å². The second kappa shape index (κ2) is 9.10. The number of aryl methyl sites for hydroxylation is 1. The fourth-order valence-electron chi connectivity index (χ4n) is 4.81. The molecular formula is C25H30N4O3. The zero-order valence-electron chi connectivity index (χ0n) is 18.9. The summed E-state index contributed by atoms with van der Waals surface area (Å²) in [6.07, 6.45) is 4.89. The first-order chi connectivity index (χ1) is 15.4. The molecule has 2 aromatic rings. The lowest BCUT2D eigenvalue weighted by atomic mass is 9.81. The number of nitrogens with zero attached hydrogens (tertiary/aromatic N) is 4. The molecule has 1 aromatic carbocycles. The molecule has 0 radical (unpaired) electrons. The van der Waals surface area contributed by atoms with Crippen LogP contribution in [0.25, 0.3) is 0 Å². The van der Waals surface area contributed by atoms with Crippen LogP contribution in [-0.4, -0.2) is 64.2 Å². The van der Waals surface area contributed by atoms with Gasteiger partial charge in [-0.15, -0.1) is 0 Å². The number of carbonyl (C=O) groups is 3. The van der Waals surface area contributed by atoms with Gasteiger partial charge < -0.3 is 9.80 Å². The van der Waals surface area contributed by atoms with Crippen molar-refractivity contribution < 1.29 is 14.4 Å². The first-order valence-corrected chi connectivity index (χ1v) is 11.2. The Morgan fingerprint density at radius 3 is 2.56 bits per heavy atom. The molecule has 7 nitrogen and oxygen atoms in total. The summed E-state index contributed by atoms with van der Waals surface area (Å²) >= 11 is 0. The molecule has 2 aliphatic heterocycles. The van der Waals surface area contributed by atoms with Crippen molar-refractivity contribution in [1.82, 2.24) is 19.7 Å². The molecule has 7 heteroatoms. The predicted octanol–water partition coefficient (Wildman–Crippen LogP) is 3.19. The number of urea groups is 1. The monoisotopic (exact) mass is 434 g/mol. The molecule has 4 amide bonds. The van der Waals surface area contributed by atoms with Gasteiger partial charge in [0.25, 0.3) is 0 Å². The van der Waals surface area contributed by atoms with Crippen LogP contribution < -0.4 is 0 Å². The fraction of sp³-hybridized carbons (Fsp3) is 0.440. The Morgan fingerprint density at radius 2 is 1.88 bits per heavy atom. The van der Waals surface area contributed by atoms with E-state index in [4.69, 9.17) is 0 Å². The lowest BCUT2D eigenvalue weighted by molar-refractivity contribution is -0.162. The first-order valence-electron chi connectivity index (χ1n) is 11.2. The van der Waals surface area contributed by atoms with Crippen LogP contribution in [0.5, 0.6) is 0 Å². The quantitative estimate of drug-likeness (QED) is 0.693. The second-order valence-corrected chi connectivity index (χ2v) is 8.90. The summed E-state index contributed by atoms with van der Waals surface area (Å²) in [5.41, 5.74) is 2.86. The van der Waals surface area contributed by atoms with E-state index in [0.29, 0.717) is 13.0 Å². The van der Waals surface area contributed by atoms with Gasteiger partial charge in [0.05, 0.1) is 12.0 Å². The van der Waals surface area contributed by atoms with E-state index >= 15 is 0 Å². The third-order valence-electron chi connectivity index (χ3n) is 6.46. The third-order valence-corrected chi connectivity index (χ3v) is 6.46. The number of likely N-dealkylation sites (N-methyl/N-ethyl adjacent to an activating group) is 1. The molecule has 32 heavy (non-hydrogen) atoms. The molecule has 0 bridgehead atoms. The molecule has 1 aromatic heterocycles. The molecule has 3 heterocycles. The minimum absolute atomic E-state index is 0.0812. The number of rotatable bonds is 4. The van der Waals surface area contributed by atoms with Crippen molar-refractivity contribution in [2.24, 2.45) is 5.92 Å². The van der Waals surface area contributed by atoms with Crippen LogP contribution in [0.2, 0.25) is 0 Å². The molecule has 3 atom stereocenters. The molecular weight excluding hydrogens is 404 g/mol. The standard InChI is InChI=1S/C25H30N4O3/c1-17-15-18(12-13-26-17)16-20-22(24(31)27(2)3)29(23(20)30)25(32)28-14-8-7-11-21(28)19-9-5-4-6-10-19/h4-6,9-10,12-13,15,20-22H,7-8,11,14,16H2,1-3H3/t20-,21?,22+/m1/s1. The number of aromatic nitrogens is 1. The third kappa shape index (κ3) is 4.11. The van der Waals surface area contributed by atoms with E-state index in [2.05, 4.69) is 4.98 Å². The molecule has 0 spiro atoms. The highest BCUT2D eigenvalue weighted by molar-refractivity contribution is 6.09. The summed E-state index contributed by atoms with van der Waals surface area (Å²) in [6.45, 7) is 2.48. The number of hydrogen-bond acceptors (Lipinski definition) is 4. The molecule has 0 aliphatic carbocycles. The lowest BCUT2D eigenvalue weighted by Crippen LogP contribution is -2.70. The molecule has 1 unspecified atom stereocenters. The zero-order chi connectivity index (χ0) is 22.8. The van der Waals surface area contributed by atoms with Crippen molar-refractivity contribution in [3.05, 3.63) is 65.5 Å². The van der Waals surface area contributed by atoms with Crippen LogP contribution in [0.1, 0.15) is 42.1 Å². The van der Waals surface area contributed by atoms with E-state index in [0.717, 1.165) is 36.1 Å². The summed E-state index contributed by atoms with van der Waals surface area (Å²) in [5.74, 6) is -1.04. The average Bonchev–Trinajstić information content (AvgIpc) is 2.80. The summed E-state index contributed by atoms with van der Waals surface area (Å²) in [7, 11) is 3.32. The molecule has 4 rings (SSSR count). The number of piperidine rings is 1. The minimum atomic E-state index is -0.781. The van der Waals surface area contributed by atoms with Crippen molar-refractivity contribution in [1.29, 1.82) is 0 Å². The first kappa shape index (κ1) is 22.0. The van der Waals surface area contributed by atoms with E-state index in [9.17, 15) is 14.4 Å².